The fourth-order valence-electron chi connectivity index (χ4n) is 2.34. The molecule has 1 aromatic carbocycles. The molecule has 5 nitrogen and oxygen atoms in total. The predicted molar refractivity (Wildman–Crippen MR) is 72.4 cm³/mol. The van der Waals surface area contributed by atoms with E-state index in [1.807, 2.05) is 11.9 Å². The van der Waals surface area contributed by atoms with E-state index in [9.17, 15) is 10.1 Å². The van der Waals surface area contributed by atoms with E-state index in [-0.39, 0.29) is 10.6 Å². The highest BCUT2D eigenvalue weighted by molar-refractivity contribution is 6.31. The van der Waals surface area contributed by atoms with Gasteiger partial charge in [-0.2, -0.15) is 0 Å². The molecule has 0 aliphatic carbocycles. The van der Waals surface area contributed by atoms with Crippen LogP contribution in [0, 0.1) is 10.1 Å². The molecule has 1 saturated heterocycles. The summed E-state index contributed by atoms with van der Waals surface area (Å²) in [6.45, 7) is 1.61. The van der Waals surface area contributed by atoms with Gasteiger partial charge in [0, 0.05) is 30.2 Å². The average Bonchev–Trinajstić information content (AvgIpc) is 2.38. The molecular weight excluding hydrogens is 254 g/mol. The maximum Gasteiger partial charge on any atom is 0.292 e. The minimum absolute atomic E-state index is 0.121. The third kappa shape index (κ3) is 2.73. The van der Waals surface area contributed by atoms with Crippen molar-refractivity contribution in [1.82, 2.24) is 5.32 Å². The van der Waals surface area contributed by atoms with E-state index in [4.69, 9.17) is 11.6 Å². The number of likely N-dealkylation sites (N-methyl/N-ethyl adjacent to an activating group) is 1. The monoisotopic (exact) mass is 269 g/mol. The van der Waals surface area contributed by atoms with E-state index in [1.165, 1.54) is 6.07 Å². The Labute approximate surface area is 111 Å². The molecule has 0 aromatic heterocycles. The van der Waals surface area contributed by atoms with Crippen molar-refractivity contribution >= 4 is 23.0 Å². The molecule has 1 aliphatic rings. The number of nitrogens with zero attached hydrogens (tertiary/aromatic N) is 2. The molecule has 1 unspecified atom stereocenters. The first-order chi connectivity index (χ1) is 8.61. The Bertz CT molecular complexity index is 453. The third-order valence-electron chi connectivity index (χ3n) is 3.30. The quantitative estimate of drug-likeness (QED) is 0.676. The number of piperidine rings is 1. The summed E-state index contributed by atoms with van der Waals surface area (Å²) in [5.74, 6) is 0. The van der Waals surface area contributed by atoms with Gasteiger partial charge in [0.25, 0.3) is 5.69 Å². The van der Waals surface area contributed by atoms with Crippen molar-refractivity contribution < 1.29 is 4.92 Å². The van der Waals surface area contributed by atoms with Gasteiger partial charge in [0.1, 0.15) is 5.69 Å². The lowest BCUT2D eigenvalue weighted by Crippen LogP contribution is -2.44. The van der Waals surface area contributed by atoms with Crippen molar-refractivity contribution in [3.8, 4) is 0 Å². The molecule has 0 radical (unpaired) electrons. The van der Waals surface area contributed by atoms with Crippen molar-refractivity contribution in [2.75, 3.05) is 25.0 Å². The van der Waals surface area contributed by atoms with Crippen LogP contribution in [0.2, 0.25) is 5.02 Å². The van der Waals surface area contributed by atoms with E-state index in [0.29, 0.717) is 16.8 Å². The fourth-order valence-corrected chi connectivity index (χ4v) is 2.50. The molecule has 0 amide bonds. The summed E-state index contributed by atoms with van der Waals surface area (Å²) >= 11 is 5.95. The van der Waals surface area contributed by atoms with Crippen LogP contribution in [0.25, 0.3) is 0 Å². The van der Waals surface area contributed by atoms with Crippen molar-refractivity contribution in [2.24, 2.45) is 0 Å². The van der Waals surface area contributed by atoms with Gasteiger partial charge in [0.2, 0.25) is 0 Å². The van der Waals surface area contributed by atoms with Crippen molar-refractivity contribution in [3.63, 3.8) is 0 Å². The Morgan fingerprint density at radius 1 is 1.56 bits per heavy atom. The van der Waals surface area contributed by atoms with Crippen LogP contribution in [0.4, 0.5) is 11.4 Å². The second kappa shape index (κ2) is 5.54. The zero-order chi connectivity index (χ0) is 13.1. The third-order valence-corrected chi connectivity index (χ3v) is 3.54. The summed E-state index contributed by atoms with van der Waals surface area (Å²) < 4.78 is 0. The number of rotatable bonds is 3. The molecule has 1 aromatic rings. The number of nitro groups is 1. The van der Waals surface area contributed by atoms with Crippen LogP contribution in [-0.4, -0.2) is 31.1 Å². The molecule has 18 heavy (non-hydrogen) atoms. The van der Waals surface area contributed by atoms with Crippen molar-refractivity contribution in [2.45, 2.75) is 18.9 Å². The highest BCUT2D eigenvalue weighted by Crippen LogP contribution is 2.32. The molecule has 1 aliphatic heterocycles. The molecule has 0 saturated carbocycles. The summed E-state index contributed by atoms with van der Waals surface area (Å²) in [5.41, 5.74) is 0.739. The molecule has 0 bridgehead atoms. The topological polar surface area (TPSA) is 58.4 Å². The second-order valence-corrected chi connectivity index (χ2v) is 4.90. The minimum Gasteiger partial charge on any atom is -0.364 e. The van der Waals surface area contributed by atoms with Crippen LogP contribution >= 0.6 is 11.6 Å². The molecule has 2 rings (SSSR count). The Balaban J connectivity index is 2.31. The standard InChI is InChI=1S/C12H16ClN3O2/c1-14-10-3-2-6-15(8-10)12-7-9(13)4-5-11(12)16(17)18/h4-5,7,10,14H,2-3,6,8H2,1H3. The van der Waals surface area contributed by atoms with Gasteiger partial charge in [-0.3, -0.25) is 10.1 Å². The molecular formula is C12H16ClN3O2. The number of hydrogen-bond acceptors (Lipinski definition) is 4. The Kier molecular flexibility index (Phi) is 4.04. The Morgan fingerprint density at radius 3 is 3.00 bits per heavy atom. The number of benzene rings is 1. The maximum atomic E-state index is 11.0. The van der Waals surface area contributed by atoms with E-state index in [1.54, 1.807) is 12.1 Å². The number of hydrogen-bond donors (Lipinski definition) is 1. The first kappa shape index (κ1) is 13.1. The number of anilines is 1. The lowest BCUT2D eigenvalue weighted by atomic mass is 10.0. The number of halogens is 1. The SMILES string of the molecule is CNC1CCCN(c2cc(Cl)ccc2[N+](=O)[O-])C1. The average molecular weight is 270 g/mol. The van der Waals surface area contributed by atoms with Crippen LogP contribution in [0.15, 0.2) is 18.2 Å². The summed E-state index contributed by atoms with van der Waals surface area (Å²) in [6.07, 6.45) is 2.12. The molecule has 1 N–H and O–H groups in total. The van der Waals surface area contributed by atoms with E-state index >= 15 is 0 Å². The zero-order valence-corrected chi connectivity index (χ0v) is 11.0. The smallest absolute Gasteiger partial charge is 0.292 e. The lowest BCUT2D eigenvalue weighted by Gasteiger charge is -2.33. The van der Waals surface area contributed by atoms with Gasteiger partial charge in [-0.15, -0.1) is 0 Å². The summed E-state index contributed by atoms with van der Waals surface area (Å²) in [7, 11) is 1.92. The fraction of sp³-hybridized carbons (Fsp3) is 0.500. The second-order valence-electron chi connectivity index (χ2n) is 4.46. The van der Waals surface area contributed by atoms with E-state index < -0.39 is 0 Å². The first-order valence-electron chi connectivity index (χ1n) is 5.98. The van der Waals surface area contributed by atoms with E-state index in [0.717, 1.165) is 25.9 Å². The molecule has 1 atom stereocenters. The van der Waals surface area contributed by atoms with Crippen LogP contribution in [0.5, 0.6) is 0 Å². The van der Waals surface area contributed by atoms with Crippen molar-refractivity contribution in [1.29, 1.82) is 0 Å². The van der Waals surface area contributed by atoms with Gasteiger partial charge in [-0.05, 0) is 32.0 Å². The number of nitrogens with one attached hydrogen (secondary N) is 1. The first-order valence-corrected chi connectivity index (χ1v) is 6.35. The largest absolute Gasteiger partial charge is 0.364 e. The van der Waals surface area contributed by atoms with Crippen LogP contribution in [0.1, 0.15) is 12.8 Å². The van der Waals surface area contributed by atoms with Gasteiger partial charge < -0.3 is 10.2 Å². The van der Waals surface area contributed by atoms with Crippen LogP contribution in [0.3, 0.4) is 0 Å². The summed E-state index contributed by atoms with van der Waals surface area (Å²) in [6, 6.07) is 5.08. The molecule has 98 valence electrons. The zero-order valence-electron chi connectivity index (χ0n) is 10.2. The predicted octanol–water partition coefficient (Wildman–Crippen LogP) is 2.44. The normalized spacial score (nSPS) is 19.9. The lowest BCUT2D eigenvalue weighted by molar-refractivity contribution is -0.384. The summed E-state index contributed by atoms with van der Waals surface area (Å²) in [4.78, 5) is 12.7. The van der Waals surface area contributed by atoms with Gasteiger partial charge in [-0.25, -0.2) is 0 Å². The van der Waals surface area contributed by atoms with Crippen molar-refractivity contribution in [3.05, 3.63) is 33.3 Å². The molecule has 6 heteroatoms. The van der Waals surface area contributed by atoms with Crippen LogP contribution in [-0.2, 0) is 0 Å². The van der Waals surface area contributed by atoms with Gasteiger partial charge in [-0.1, -0.05) is 11.6 Å². The molecule has 0 spiro atoms. The van der Waals surface area contributed by atoms with Crippen LogP contribution < -0.4 is 10.2 Å². The van der Waals surface area contributed by atoms with Gasteiger partial charge >= 0.3 is 0 Å². The Hall–Kier alpha value is -1.33. The molecule has 1 heterocycles. The van der Waals surface area contributed by atoms with E-state index in [2.05, 4.69) is 5.32 Å². The highest BCUT2D eigenvalue weighted by Gasteiger charge is 2.24. The van der Waals surface area contributed by atoms with Gasteiger partial charge in [0.15, 0.2) is 0 Å². The Morgan fingerprint density at radius 2 is 2.33 bits per heavy atom. The minimum atomic E-state index is -0.353. The summed E-state index contributed by atoms with van der Waals surface area (Å²) in [5, 5.41) is 14.8. The van der Waals surface area contributed by atoms with Gasteiger partial charge in [0.05, 0.1) is 4.92 Å². The highest BCUT2D eigenvalue weighted by atomic mass is 35.5. The molecule has 1 fully saturated rings. The number of nitro benzene ring substituents is 1. The maximum absolute atomic E-state index is 11.0.